The highest BCUT2D eigenvalue weighted by atomic mass is 79.9. The second kappa shape index (κ2) is 10.7. The molecule has 1 rings (SSSR count). The third-order valence-electron chi connectivity index (χ3n) is 2.50. The van der Waals surface area contributed by atoms with Crippen molar-refractivity contribution in [3.8, 4) is 18.1 Å². The molecule has 110 valence electrons. The molecule has 0 heterocycles. The van der Waals surface area contributed by atoms with Crippen LogP contribution in [-0.2, 0) is 16.0 Å². The summed E-state index contributed by atoms with van der Waals surface area (Å²) in [4.78, 5) is 0. The van der Waals surface area contributed by atoms with Crippen molar-refractivity contribution in [3.63, 3.8) is 0 Å². The molecule has 20 heavy (non-hydrogen) atoms. The van der Waals surface area contributed by atoms with Gasteiger partial charge in [0, 0.05) is 30.2 Å². The molecular formula is C15H20BrNO3. The molecule has 0 fully saturated rings. The molecule has 0 aromatic heterocycles. The van der Waals surface area contributed by atoms with Crippen molar-refractivity contribution < 1.29 is 14.2 Å². The highest BCUT2D eigenvalue weighted by Gasteiger charge is 2.04. The fourth-order valence-electron chi connectivity index (χ4n) is 1.56. The van der Waals surface area contributed by atoms with Gasteiger partial charge in [0.2, 0.25) is 0 Å². The second-order valence-corrected chi connectivity index (χ2v) is 4.94. The summed E-state index contributed by atoms with van der Waals surface area (Å²) in [5.74, 6) is 3.27. The van der Waals surface area contributed by atoms with Crippen molar-refractivity contribution >= 4 is 15.9 Å². The van der Waals surface area contributed by atoms with E-state index in [0.717, 1.165) is 22.3 Å². The molecule has 4 nitrogen and oxygen atoms in total. The zero-order chi connectivity index (χ0) is 14.6. The molecule has 0 amide bonds. The SMILES string of the molecule is C#CCOc1ccc(Br)cc1CNCCOCCOC. The molecule has 5 heteroatoms. The summed E-state index contributed by atoms with van der Waals surface area (Å²) in [5.41, 5.74) is 1.06. The van der Waals surface area contributed by atoms with Crippen LogP contribution in [-0.4, -0.2) is 40.1 Å². The summed E-state index contributed by atoms with van der Waals surface area (Å²) >= 11 is 3.45. The Morgan fingerprint density at radius 1 is 1.30 bits per heavy atom. The van der Waals surface area contributed by atoms with E-state index < -0.39 is 0 Å². The summed E-state index contributed by atoms with van der Waals surface area (Å²) in [6.07, 6.45) is 5.21. The summed E-state index contributed by atoms with van der Waals surface area (Å²) in [6, 6.07) is 5.86. The van der Waals surface area contributed by atoms with Gasteiger partial charge in [-0.25, -0.2) is 0 Å². The van der Waals surface area contributed by atoms with Crippen LogP contribution in [0.15, 0.2) is 22.7 Å². The minimum atomic E-state index is 0.273. The first-order valence-corrected chi connectivity index (χ1v) is 7.19. The lowest BCUT2D eigenvalue weighted by molar-refractivity contribution is 0.0719. The Labute approximate surface area is 128 Å². The molecular weight excluding hydrogens is 322 g/mol. The van der Waals surface area contributed by atoms with Gasteiger partial charge < -0.3 is 19.5 Å². The Hall–Kier alpha value is -1.06. The number of nitrogens with one attached hydrogen (secondary N) is 1. The molecule has 1 aromatic carbocycles. The van der Waals surface area contributed by atoms with Gasteiger partial charge in [-0.2, -0.15) is 0 Å². The molecule has 0 saturated carbocycles. The summed E-state index contributed by atoms with van der Waals surface area (Å²) in [6.45, 7) is 3.63. The highest BCUT2D eigenvalue weighted by molar-refractivity contribution is 9.10. The van der Waals surface area contributed by atoms with Crippen molar-refractivity contribution in [1.29, 1.82) is 0 Å². The Morgan fingerprint density at radius 3 is 2.90 bits per heavy atom. The topological polar surface area (TPSA) is 39.7 Å². The van der Waals surface area contributed by atoms with Gasteiger partial charge in [-0.1, -0.05) is 21.9 Å². The zero-order valence-electron chi connectivity index (χ0n) is 11.7. The van der Waals surface area contributed by atoms with Crippen LogP contribution in [0.3, 0.4) is 0 Å². The Balaban J connectivity index is 2.34. The minimum Gasteiger partial charge on any atom is -0.481 e. The van der Waals surface area contributed by atoms with Gasteiger partial charge in [-0.05, 0) is 18.2 Å². The lowest BCUT2D eigenvalue weighted by Gasteiger charge is -2.11. The lowest BCUT2D eigenvalue weighted by atomic mass is 10.2. The van der Waals surface area contributed by atoms with Gasteiger partial charge in [0.25, 0.3) is 0 Å². The van der Waals surface area contributed by atoms with E-state index in [1.54, 1.807) is 7.11 Å². The van der Waals surface area contributed by atoms with Crippen LogP contribution in [0.1, 0.15) is 5.56 Å². The summed E-state index contributed by atoms with van der Waals surface area (Å²) in [7, 11) is 1.66. The average molecular weight is 342 g/mol. The van der Waals surface area contributed by atoms with Crippen molar-refractivity contribution in [2.75, 3.05) is 40.1 Å². The van der Waals surface area contributed by atoms with Crippen LogP contribution in [0.2, 0.25) is 0 Å². The fraction of sp³-hybridized carbons (Fsp3) is 0.467. The van der Waals surface area contributed by atoms with Crippen molar-refractivity contribution in [1.82, 2.24) is 5.32 Å². The van der Waals surface area contributed by atoms with Crippen molar-refractivity contribution in [3.05, 3.63) is 28.2 Å². The predicted octanol–water partition coefficient (Wildman–Crippen LogP) is 2.21. The number of ether oxygens (including phenoxy) is 3. The van der Waals surface area contributed by atoms with Gasteiger partial charge in [-0.3, -0.25) is 0 Å². The number of terminal acetylenes is 1. The van der Waals surface area contributed by atoms with Crippen LogP contribution in [0.25, 0.3) is 0 Å². The first-order chi connectivity index (χ1) is 9.77. The quantitative estimate of drug-likeness (QED) is 0.523. The maximum Gasteiger partial charge on any atom is 0.148 e. The number of benzene rings is 1. The van der Waals surface area contributed by atoms with Gasteiger partial charge in [-0.15, -0.1) is 6.42 Å². The van der Waals surface area contributed by atoms with E-state index in [2.05, 4.69) is 27.2 Å². The number of rotatable bonds is 10. The molecule has 0 saturated heterocycles. The van der Waals surface area contributed by atoms with Crippen molar-refractivity contribution in [2.24, 2.45) is 0 Å². The van der Waals surface area contributed by atoms with Gasteiger partial charge in [0.15, 0.2) is 0 Å². The molecule has 0 atom stereocenters. The molecule has 0 bridgehead atoms. The summed E-state index contributed by atoms with van der Waals surface area (Å²) in [5, 5.41) is 3.30. The Morgan fingerprint density at radius 2 is 2.15 bits per heavy atom. The van der Waals surface area contributed by atoms with E-state index in [9.17, 15) is 0 Å². The minimum absolute atomic E-state index is 0.273. The van der Waals surface area contributed by atoms with Gasteiger partial charge in [0.1, 0.15) is 12.4 Å². The average Bonchev–Trinajstić information content (AvgIpc) is 2.45. The number of methoxy groups -OCH3 is 1. The number of hydrogen-bond acceptors (Lipinski definition) is 4. The van der Waals surface area contributed by atoms with E-state index in [0.29, 0.717) is 26.4 Å². The second-order valence-electron chi connectivity index (χ2n) is 4.03. The number of halogens is 1. The molecule has 1 aromatic rings. The third-order valence-corrected chi connectivity index (χ3v) is 3.00. The smallest absolute Gasteiger partial charge is 0.148 e. The normalized spacial score (nSPS) is 10.2. The molecule has 0 aliphatic heterocycles. The van der Waals surface area contributed by atoms with Gasteiger partial charge in [0.05, 0.1) is 19.8 Å². The van der Waals surface area contributed by atoms with Crippen LogP contribution in [0, 0.1) is 12.3 Å². The van der Waals surface area contributed by atoms with Crippen molar-refractivity contribution in [2.45, 2.75) is 6.54 Å². The van der Waals surface area contributed by atoms with E-state index in [4.69, 9.17) is 20.6 Å². The number of hydrogen-bond donors (Lipinski definition) is 1. The lowest BCUT2D eigenvalue weighted by Crippen LogP contribution is -2.20. The third kappa shape index (κ3) is 6.92. The summed E-state index contributed by atoms with van der Waals surface area (Å²) < 4.78 is 16.8. The standard InChI is InChI=1S/C15H20BrNO3/c1-3-7-20-15-5-4-14(16)11-13(15)12-17-6-8-19-10-9-18-2/h1,4-5,11,17H,6-10,12H2,2H3. The molecule has 0 radical (unpaired) electrons. The van der Waals surface area contributed by atoms with E-state index in [1.165, 1.54) is 0 Å². The molecule has 0 spiro atoms. The maximum absolute atomic E-state index is 5.51. The molecule has 1 N–H and O–H groups in total. The maximum atomic E-state index is 5.51. The zero-order valence-corrected chi connectivity index (χ0v) is 13.2. The molecule has 0 aliphatic rings. The van der Waals surface area contributed by atoms with Gasteiger partial charge >= 0.3 is 0 Å². The monoisotopic (exact) mass is 341 g/mol. The predicted molar refractivity (Wildman–Crippen MR) is 82.9 cm³/mol. The van der Waals surface area contributed by atoms with Crippen LogP contribution >= 0.6 is 15.9 Å². The highest BCUT2D eigenvalue weighted by Crippen LogP contribution is 2.23. The van der Waals surface area contributed by atoms with Crippen LogP contribution in [0.4, 0.5) is 0 Å². The molecule has 0 unspecified atom stereocenters. The first-order valence-electron chi connectivity index (χ1n) is 6.40. The first kappa shape index (κ1) is 17.0. The fourth-order valence-corrected chi connectivity index (χ4v) is 1.97. The molecule has 0 aliphatic carbocycles. The van der Waals surface area contributed by atoms with Crippen LogP contribution in [0.5, 0.6) is 5.75 Å². The van der Waals surface area contributed by atoms with E-state index >= 15 is 0 Å². The Kier molecular flexibility index (Phi) is 9.09. The van der Waals surface area contributed by atoms with Crippen LogP contribution < -0.4 is 10.1 Å². The van der Waals surface area contributed by atoms with E-state index in [-0.39, 0.29) is 6.61 Å². The Bertz CT molecular complexity index is 432. The largest absolute Gasteiger partial charge is 0.481 e. The van der Waals surface area contributed by atoms with E-state index in [1.807, 2.05) is 18.2 Å².